The van der Waals surface area contributed by atoms with Gasteiger partial charge in [0, 0.05) is 38.4 Å². The van der Waals surface area contributed by atoms with Crippen molar-refractivity contribution in [3.63, 3.8) is 0 Å². The number of benzene rings is 1. The number of nitrogens with one attached hydrogen (secondary N) is 1. The van der Waals surface area contributed by atoms with Gasteiger partial charge >= 0.3 is 0 Å². The fraction of sp³-hybridized carbons (Fsp3) is 0.538. The molecular formula is C26H32N4O5. The lowest BCUT2D eigenvalue weighted by Gasteiger charge is -2.36. The standard InChI is InChI=1S/C24H28N4O3.C2H4O2/c29-21-13-25-12-17-11-18(22(28(17)21)15-5-2-1-3-6-15)24(30)27-10-9-20-19(14-27)26-23(31-20)16-7-4-8-16;1-2(3)4/h1-3,5-6,16-18,22,25H,4,7-14H2;1H3,(H,3,4)/t17-,18-,22-;/m1./s1. The summed E-state index contributed by atoms with van der Waals surface area (Å²) >= 11 is 0. The van der Waals surface area contributed by atoms with Crippen LogP contribution in [0.3, 0.4) is 0 Å². The smallest absolute Gasteiger partial charge is 0.300 e. The van der Waals surface area contributed by atoms with Crippen molar-refractivity contribution in [3.8, 4) is 0 Å². The number of nitrogens with zero attached hydrogens (tertiary/aromatic N) is 3. The summed E-state index contributed by atoms with van der Waals surface area (Å²) < 4.78 is 6.04. The molecule has 1 aromatic carbocycles. The molecule has 0 spiro atoms. The number of amides is 2. The summed E-state index contributed by atoms with van der Waals surface area (Å²) in [6, 6.07) is 9.90. The van der Waals surface area contributed by atoms with Crippen LogP contribution < -0.4 is 5.32 Å². The van der Waals surface area contributed by atoms with Crippen LogP contribution in [-0.2, 0) is 27.3 Å². The van der Waals surface area contributed by atoms with Crippen LogP contribution in [0.1, 0.15) is 67.5 Å². The molecule has 1 aliphatic carbocycles. The Morgan fingerprint density at radius 2 is 1.94 bits per heavy atom. The lowest BCUT2D eigenvalue weighted by Crippen LogP contribution is -2.52. The highest BCUT2D eigenvalue weighted by Crippen LogP contribution is 2.43. The molecule has 2 aromatic rings. The van der Waals surface area contributed by atoms with Gasteiger partial charge in [0.25, 0.3) is 5.97 Å². The molecule has 35 heavy (non-hydrogen) atoms. The average Bonchev–Trinajstić information content (AvgIpc) is 3.39. The van der Waals surface area contributed by atoms with E-state index in [4.69, 9.17) is 19.3 Å². The van der Waals surface area contributed by atoms with Crippen molar-refractivity contribution in [2.24, 2.45) is 5.92 Å². The van der Waals surface area contributed by atoms with Crippen LogP contribution in [0.15, 0.2) is 34.7 Å². The first-order chi connectivity index (χ1) is 16.9. The molecule has 1 saturated carbocycles. The molecule has 6 rings (SSSR count). The van der Waals surface area contributed by atoms with Crippen molar-refractivity contribution >= 4 is 17.8 Å². The molecule has 3 fully saturated rings. The molecule has 3 atom stereocenters. The Hall–Kier alpha value is -3.20. The second-order valence-electron chi connectivity index (χ2n) is 9.86. The molecule has 186 valence electrons. The van der Waals surface area contributed by atoms with E-state index in [1.54, 1.807) is 0 Å². The van der Waals surface area contributed by atoms with Gasteiger partial charge in [-0.25, -0.2) is 4.98 Å². The molecule has 2 N–H and O–H groups in total. The van der Waals surface area contributed by atoms with E-state index in [-0.39, 0.29) is 29.8 Å². The van der Waals surface area contributed by atoms with Crippen molar-refractivity contribution in [2.75, 3.05) is 19.6 Å². The number of aliphatic carboxylic acids is 1. The number of carboxylic acids is 1. The average molecular weight is 481 g/mol. The van der Waals surface area contributed by atoms with E-state index in [1.165, 1.54) is 6.42 Å². The zero-order valence-corrected chi connectivity index (χ0v) is 20.0. The van der Waals surface area contributed by atoms with Crippen molar-refractivity contribution in [2.45, 2.75) is 63.6 Å². The van der Waals surface area contributed by atoms with Crippen LogP contribution in [0.25, 0.3) is 0 Å². The molecule has 4 heterocycles. The minimum atomic E-state index is -0.833. The number of carbonyl (C=O) groups excluding carboxylic acids is 2. The number of hydrogen-bond acceptors (Lipinski definition) is 6. The molecule has 0 unspecified atom stereocenters. The predicted molar refractivity (Wildman–Crippen MR) is 126 cm³/mol. The summed E-state index contributed by atoms with van der Waals surface area (Å²) in [5, 5.41) is 10.6. The highest BCUT2D eigenvalue weighted by atomic mass is 16.4. The highest BCUT2D eigenvalue weighted by Gasteiger charge is 2.50. The van der Waals surface area contributed by atoms with Gasteiger partial charge < -0.3 is 24.6 Å². The number of oxazole rings is 1. The van der Waals surface area contributed by atoms with Gasteiger partial charge in [-0.15, -0.1) is 0 Å². The fourth-order valence-electron chi connectivity index (χ4n) is 5.68. The first kappa shape index (κ1) is 23.5. The minimum Gasteiger partial charge on any atom is -0.481 e. The summed E-state index contributed by atoms with van der Waals surface area (Å²) in [6.07, 6.45) is 4.98. The van der Waals surface area contributed by atoms with Crippen molar-refractivity contribution in [1.29, 1.82) is 0 Å². The van der Waals surface area contributed by atoms with Crippen LogP contribution in [-0.4, -0.2) is 63.4 Å². The number of piperazine rings is 1. The van der Waals surface area contributed by atoms with Crippen LogP contribution in [0.5, 0.6) is 0 Å². The molecule has 2 saturated heterocycles. The molecule has 3 aliphatic heterocycles. The van der Waals surface area contributed by atoms with Gasteiger partial charge in [0.15, 0.2) is 5.89 Å². The number of fused-ring (bicyclic) bond motifs is 2. The largest absolute Gasteiger partial charge is 0.481 e. The zero-order valence-electron chi connectivity index (χ0n) is 20.0. The third-order valence-corrected chi connectivity index (χ3v) is 7.51. The lowest BCUT2D eigenvalue weighted by molar-refractivity contribution is -0.140. The van der Waals surface area contributed by atoms with E-state index >= 15 is 0 Å². The number of rotatable bonds is 3. The first-order valence-corrected chi connectivity index (χ1v) is 12.5. The Balaban J connectivity index is 0.000000591. The van der Waals surface area contributed by atoms with E-state index < -0.39 is 5.97 Å². The van der Waals surface area contributed by atoms with Gasteiger partial charge in [0.2, 0.25) is 11.8 Å². The third kappa shape index (κ3) is 4.69. The SMILES string of the molecule is CC(=O)O.O=C([C@@H]1C[C@@H]2CNCC(=O)N2[C@@H]1c1ccccc1)N1CCc2oc(C3CCC3)nc2C1. The van der Waals surface area contributed by atoms with Gasteiger partial charge in [-0.2, -0.15) is 0 Å². The van der Waals surface area contributed by atoms with Crippen molar-refractivity contribution in [3.05, 3.63) is 53.2 Å². The minimum absolute atomic E-state index is 0.0676. The van der Waals surface area contributed by atoms with Crippen LogP contribution in [0.2, 0.25) is 0 Å². The van der Waals surface area contributed by atoms with Crippen LogP contribution in [0.4, 0.5) is 0 Å². The number of hydrogen-bond donors (Lipinski definition) is 2. The molecule has 9 heteroatoms. The summed E-state index contributed by atoms with van der Waals surface area (Å²) in [6.45, 7) is 3.34. The summed E-state index contributed by atoms with van der Waals surface area (Å²) in [7, 11) is 0. The monoisotopic (exact) mass is 480 g/mol. The molecule has 0 radical (unpaired) electrons. The Bertz CT molecular complexity index is 1090. The van der Waals surface area contributed by atoms with Gasteiger partial charge in [0.05, 0.1) is 25.0 Å². The van der Waals surface area contributed by atoms with E-state index in [1.807, 2.05) is 40.1 Å². The second-order valence-corrected chi connectivity index (χ2v) is 9.86. The predicted octanol–water partition coefficient (Wildman–Crippen LogP) is 2.48. The van der Waals surface area contributed by atoms with Crippen molar-refractivity contribution in [1.82, 2.24) is 20.1 Å². The number of carbonyl (C=O) groups is 3. The Morgan fingerprint density at radius 3 is 2.63 bits per heavy atom. The molecule has 1 aromatic heterocycles. The van der Waals surface area contributed by atoms with Crippen molar-refractivity contribution < 1.29 is 23.9 Å². The number of carboxylic acid groups (broad SMARTS) is 1. The fourth-order valence-corrected chi connectivity index (χ4v) is 5.68. The Morgan fingerprint density at radius 1 is 1.20 bits per heavy atom. The third-order valence-electron chi connectivity index (χ3n) is 7.51. The molecule has 0 bridgehead atoms. The maximum Gasteiger partial charge on any atom is 0.300 e. The summed E-state index contributed by atoms with van der Waals surface area (Å²) in [5.74, 6) is 1.44. The van der Waals surface area contributed by atoms with Crippen LogP contribution >= 0.6 is 0 Å². The summed E-state index contributed by atoms with van der Waals surface area (Å²) in [5.41, 5.74) is 1.97. The molecule has 4 aliphatic rings. The number of aromatic nitrogens is 1. The lowest BCUT2D eigenvalue weighted by atomic mass is 9.85. The highest BCUT2D eigenvalue weighted by molar-refractivity contribution is 5.85. The van der Waals surface area contributed by atoms with Gasteiger partial charge in [0.1, 0.15) is 11.5 Å². The molecule has 9 nitrogen and oxygen atoms in total. The van der Waals surface area contributed by atoms with E-state index in [9.17, 15) is 9.59 Å². The van der Waals surface area contributed by atoms with Gasteiger partial charge in [-0.05, 0) is 24.8 Å². The topological polar surface area (TPSA) is 116 Å². The van der Waals surface area contributed by atoms with E-state index in [0.717, 1.165) is 55.6 Å². The van der Waals surface area contributed by atoms with E-state index in [0.29, 0.717) is 32.0 Å². The maximum atomic E-state index is 13.8. The van der Waals surface area contributed by atoms with Gasteiger partial charge in [-0.3, -0.25) is 14.4 Å². The first-order valence-electron chi connectivity index (χ1n) is 12.5. The molecular weight excluding hydrogens is 448 g/mol. The van der Waals surface area contributed by atoms with E-state index in [2.05, 4.69) is 5.32 Å². The Labute approximate surface area is 204 Å². The quantitative estimate of drug-likeness (QED) is 0.693. The van der Waals surface area contributed by atoms with Gasteiger partial charge in [-0.1, -0.05) is 36.8 Å². The molecule has 2 amide bonds. The zero-order chi connectivity index (χ0) is 24.5. The normalized spacial score (nSPS) is 25.7. The second kappa shape index (κ2) is 9.81. The van der Waals surface area contributed by atoms with Crippen LogP contribution in [0, 0.1) is 5.92 Å². The summed E-state index contributed by atoms with van der Waals surface area (Å²) in [4.78, 5) is 44.2. The Kier molecular flexibility index (Phi) is 6.60. The maximum absolute atomic E-state index is 13.8.